The first-order valence-electron chi connectivity index (χ1n) is 5.37. The van der Waals surface area contributed by atoms with Crippen LogP contribution in [0.15, 0.2) is 24.3 Å². The third-order valence-electron chi connectivity index (χ3n) is 2.31. The summed E-state index contributed by atoms with van der Waals surface area (Å²) < 4.78 is 28.2. The van der Waals surface area contributed by atoms with Crippen LogP contribution in [0, 0.1) is 10.1 Å². The van der Waals surface area contributed by atoms with E-state index in [9.17, 15) is 18.5 Å². The van der Waals surface area contributed by atoms with Crippen LogP contribution in [0.2, 0.25) is 0 Å². The summed E-state index contributed by atoms with van der Waals surface area (Å²) in [6, 6.07) is 5.67. The molecule has 7 heteroatoms. The third-order valence-corrected chi connectivity index (χ3v) is 4.00. The number of non-ortho nitro benzene ring substituents is 1. The molecule has 0 spiro atoms. The molecule has 0 aliphatic rings. The normalized spacial score (nSPS) is 11.4. The molecular formula is C11H15NO5S. The first kappa shape index (κ1) is 14.6. The molecule has 1 aromatic rings. The minimum atomic E-state index is -3.25. The van der Waals surface area contributed by atoms with Gasteiger partial charge < -0.3 is 4.74 Å². The molecule has 0 amide bonds. The highest BCUT2D eigenvalue weighted by Gasteiger charge is 2.14. The number of nitro benzene ring substituents is 1. The second-order valence-corrected chi connectivity index (χ2v) is 6.05. The van der Waals surface area contributed by atoms with Crippen LogP contribution in [0.25, 0.3) is 0 Å². The van der Waals surface area contributed by atoms with Gasteiger partial charge in [-0.1, -0.05) is 12.1 Å². The van der Waals surface area contributed by atoms with Crippen molar-refractivity contribution < 1.29 is 18.1 Å². The number of hydrogen-bond donors (Lipinski definition) is 0. The van der Waals surface area contributed by atoms with Gasteiger partial charge >= 0.3 is 0 Å². The van der Waals surface area contributed by atoms with Crippen molar-refractivity contribution in [1.82, 2.24) is 0 Å². The van der Waals surface area contributed by atoms with Gasteiger partial charge in [-0.25, -0.2) is 8.42 Å². The molecule has 100 valence electrons. The lowest BCUT2D eigenvalue weighted by molar-refractivity contribution is -0.384. The van der Waals surface area contributed by atoms with E-state index in [0.717, 1.165) is 0 Å². The summed E-state index contributed by atoms with van der Waals surface area (Å²) in [6.45, 7) is 0.383. The molecule has 0 saturated carbocycles. The zero-order valence-electron chi connectivity index (χ0n) is 10.0. The number of nitrogens with zero attached hydrogens (tertiary/aromatic N) is 1. The lowest BCUT2D eigenvalue weighted by Gasteiger charge is -2.04. The second-order valence-electron chi connectivity index (χ2n) is 3.87. The highest BCUT2D eigenvalue weighted by Crippen LogP contribution is 2.15. The first-order chi connectivity index (χ1) is 8.44. The number of hydrogen-bond acceptors (Lipinski definition) is 5. The Morgan fingerprint density at radius 3 is 2.72 bits per heavy atom. The summed E-state index contributed by atoms with van der Waals surface area (Å²) in [4.78, 5) is 10.0. The van der Waals surface area contributed by atoms with Gasteiger partial charge in [-0.05, 0) is 12.0 Å². The van der Waals surface area contributed by atoms with Crippen LogP contribution in [-0.2, 0) is 20.3 Å². The Morgan fingerprint density at radius 1 is 1.39 bits per heavy atom. The van der Waals surface area contributed by atoms with Gasteiger partial charge in [-0.15, -0.1) is 0 Å². The first-order valence-corrected chi connectivity index (χ1v) is 7.19. The Balaban J connectivity index is 2.72. The molecule has 0 heterocycles. The topological polar surface area (TPSA) is 86.5 Å². The smallest absolute Gasteiger partial charge is 0.269 e. The fourth-order valence-corrected chi connectivity index (χ4v) is 2.90. The summed E-state index contributed by atoms with van der Waals surface area (Å²) in [5, 5.41) is 10.6. The van der Waals surface area contributed by atoms with E-state index in [1.165, 1.54) is 25.3 Å². The van der Waals surface area contributed by atoms with E-state index in [1.54, 1.807) is 6.07 Å². The SMILES string of the molecule is COCCCS(=O)(=O)Cc1cccc([N+](=O)[O-])c1. The minimum absolute atomic E-state index is 0.0174. The number of benzene rings is 1. The van der Waals surface area contributed by atoms with Crippen molar-refractivity contribution in [2.45, 2.75) is 12.2 Å². The van der Waals surface area contributed by atoms with Gasteiger partial charge in [-0.3, -0.25) is 10.1 Å². The van der Waals surface area contributed by atoms with Crippen LogP contribution >= 0.6 is 0 Å². The highest BCUT2D eigenvalue weighted by molar-refractivity contribution is 7.90. The summed E-state index contributed by atoms with van der Waals surface area (Å²) in [5.74, 6) is -0.165. The van der Waals surface area contributed by atoms with E-state index < -0.39 is 14.8 Å². The maximum absolute atomic E-state index is 11.7. The molecule has 0 bridgehead atoms. The van der Waals surface area contributed by atoms with Crippen molar-refractivity contribution in [3.63, 3.8) is 0 Å². The summed E-state index contributed by atoms with van der Waals surface area (Å²) in [6.07, 6.45) is 0.424. The quantitative estimate of drug-likeness (QED) is 0.427. The van der Waals surface area contributed by atoms with E-state index in [4.69, 9.17) is 4.74 Å². The van der Waals surface area contributed by atoms with Crippen molar-refractivity contribution >= 4 is 15.5 Å². The Hall–Kier alpha value is -1.47. The number of sulfone groups is 1. The maximum Gasteiger partial charge on any atom is 0.269 e. The zero-order valence-corrected chi connectivity index (χ0v) is 10.9. The third kappa shape index (κ3) is 4.80. The van der Waals surface area contributed by atoms with E-state index in [0.29, 0.717) is 18.6 Å². The molecule has 1 rings (SSSR count). The van der Waals surface area contributed by atoms with Gasteiger partial charge in [0.2, 0.25) is 0 Å². The molecule has 0 atom stereocenters. The van der Waals surface area contributed by atoms with Crippen LogP contribution in [0.5, 0.6) is 0 Å². The van der Waals surface area contributed by atoms with Crippen molar-refractivity contribution in [2.24, 2.45) is 0 Å². The zero-order chi connectivity index (χ0) is 13.6. The van der Waals surface area contributed by atoms with Crippen molar-refractivity contribution in [3.8, 4) is 0 Å². The number of ether oxygens (including phenoxy) is 1. The molecule has 0 fully saturated rings. The molecule has 0 aliphatic carbocycles. The highest BCUT2D eigenvalue weighted by atomic mass is 32.2. The van der Waals surface area contributed by atoms with Crippen molar-refractivity contribution in [1.29, 1.82) is 0 Å². The van der Waals surface area contributed by atoms with E-state index in [2.05, 4.69) is 0 Å². The molecule has 0 unspecified atom stereocenters. The largest absolute Gasteiger partial charge is 0.385 e. The summed E-state index contributed by atoms with van der Waals surface area (Å²) in [7, 11) is -1.74. The molecule has 0 saturated heterocycles. The molecule has 0 radical (unpaired) electrons. The van der Waals surface area contributed by atoms with Crippen LogP contribution in [0.1, 0.15) is 12.0 Å². The second kappa shape index (κ2) is 6.46. The van der Waals surface area contributed by atoms with Crippen molar-refractivity contribution in [3.05, 3.63) is 39.9 Å². The van der Waals surface area contributed by atoms with Crippen LogP contribution in [-0.4, -0.2) is 32.8 Å². The fraction of sp³-hybridized carbons (Fsp3) is 0.455. The van der Waals surface area contributed by atoms with Crippen LogP contribution < -0.4 is 0 Å². The van der Waals surface area contributed by atoms with Crippen LogP contribution in [0.3, 0.4) is 0 Å². The Labute approximate surface area is 106 Å². The molecule has 0 aromatic heterocycles. The van der Waals surface area contributed by atoms with Gasteiger partial charge in [0, 0.05) is 25.8 Å². The molecule has 0 aliphatic heterocycles. The van der Waals surface area contributed by atoms with Gasteiger partial charge in [0.05, 0.1) is 16.4 Å². The van der Waals surface area contributed by atoms with E-state index in [1.807, 2.05) is 0 Å². The van der Waals surface area contributed by atoms with Gasteiger partial charge in [-0.2, -0.15) is 0 Å². The summed E-state index contributed by atoms with van der Waals surface area (Å²) >= 11 is 0. The average Bonchev–Trinajstić information content (AvgIpc) is 2.28. The molecule has 6 nitrogen and oxygen atoms in total. The molecule has 1 aromatic carbocycles. The molecule has 0 N–H and O–H groups in total. The number of nitro groups is 1. The summed E-state index contributed by atoms with van der Waals surface area (Å²) in [5.41, 5.74) is 0.334. The molecule has 18 heavy (non-hydrogen) atoms. The predicted molar refractivity (Wildman–Crippen MR) is 67.1 cm³/mol. The van der Waals surface area contributed by atoms with Crippen molar-refractivity contribution in [2.75, 3.05) is 19.5 Å². The monoisotopic (exact) mass is 273 g/mol. The fourth-order valence-electron chi connectivity index (χ4n) is 1.51. The lowest BCUT2D eigenvalue weighted by Crippen LogP contribution is -2.11. The lowest BCUT2D eigenvalue weighted by atomic mass is 10.2. The standard InChI is InChI=1S/C11H15NO5S/c1-17-6-3-7-18(15,16)9-10-4-2-5-11(8-10)12(13)14/h2,4-5,8H,3,6-7,9H2,1H3. The van der Waals surface area contributed by atoms with Gasteiger partial charge in [0.25, 0.3) is 5.69 Å². The average molecular weight is 273 g/mol. The van der Waals surface area contributed by atoms with Gasteiger partial charge in [0.1, 0.15) is 0 Å². The van der Waals surface area contributed by atoms with E-state index >= 15 is 0 Å². The Morgan fingerprint density at radius 2 is 2.11 bits per heavy atom. The predicted octanol–water partition coefficient (Wildman–Crippen LogP) is 1.55. The minimum Gasteiger partial charge on any atom is -0.385 e. The maximum atomic E-state index is 11.7. The molecular weight excluding hydrogens is 258 g/mol. The number of rotatable bonds is 7. The Bertz CT molecular complexity index is 512. The Kier molecular flexibility index (Phi) is 5.24. The van der Waals surface area contributed by atoms with Crippen LogP contribution in [0.4, 0.5) is 5.69 Å². The number of methoxy groups -OCH3 is 1. The van der Waals surface area contributed by atoms with E-state index in [-0.39, 0.29) is 17.2 Å². The van der Waals surface area contributed by atoms with Gasteiger partial charge in [0.15, 0.2) is 9.84 Å².